The number of carbonyl (C=O) groups excluding carboxylic acids is 2. The monoisotopic (exact) mass is 310 g/mol. The highest BCUT2D eigenvalue weighted by atomic mass is 16.5. The van der Waals surface area contributed by atoms with Gasteiger partial charge in [0.1, 0.15) is 0 Å². The van der Waals surface area contributed by atoms with Crippen molar-refractivity contribution in [3.63, 3.8) is 0 Å². The molecule has 0 fully saturated rings. The molecule has 0 aliphatic carbocycles. The third kappa shape index (κ3) is 4.52. The van der Waals surface area contributed by atoms with Gasteiger partial charge in [-0.2, -0.15) is 0 Å². The summed E-state index contributed by atoms with van der Waals surface area (Å²) in [6.45, 7) is 5.63. The molecule has 3 nitrogen and oxygen atoms in total. The van der Waals surface area contributed by atoms with Crippen molar-refractivity contribution in [1.29, 1.82) is 0 Å². The van der Waals surface area contributed by atoms with Crippen molar-refractivity contribution in [2.24, 2.45) is 0 Å². The molecule has 0 saturated heterocycles. The van der Waals surface area contributed by atoms with Crippen molar-refractivity contribution in [1.82, 2.24) is 0 Å². The van der Waals surface area contributed by atoms with Gasteiger partial charge >= 0.3 is 5.97 Å². The van der Waals surface area contributed by atoms with Gasteiger partial charge in [-0.3, -0.25) is 4.79 Å². The number of hydrogen-bond donors (Lipinski definition) is 0. The molecule has 3 heteroatoms. The molecule has 2 aromatic rings. The fourth-order valence-corrected chi connectivity index (χ4v) is 2.41. The Balaban J connectivity index is 2.03. The van der Waals surface area contributed by atoms with Crippen molar-refractivity contribution in [3.05, 3.63) is 70.8 Å². The number of benzene rings is 2. The normalized spacial score (nSPS) is 11.8. The molecule has 0 spiro atoms. The molecule has 0 heterocycles. The average Bonchev–Trinajstić information content (AvgIpc) is 2.55. The number of rotatable bonds is 6. The first-order chi connectivity index (χ1) is 11.0. The Bertz CT molecular complexity index is 686. The Morgan fingerprint density at radius 2 is 1.74 bits per heavy atom. The molecule has 1 atom stereocenters. The van der Waals surface area contributed by atoms with Gasteiger partial charge in [0.15, 0.2) is 6.10 Å². The average molecular weight is 310 g/mol. The molecule has 0 N–H and O–H groups in total. The zero-order valence-corrected chi connectivity index (χ0v) is 13.8. The number of ether oxygens (including phenoxy) is 1. The van der Waals surface area contributed by atoms with E-state index in [0.717, 1.165) is 18.4 Å². The van der Waals surface area contributed by atoms with E-state index >= 15 is 0 Å². The highest BCUT2D eigenvalue weighted by Crippen LogP contribution is 2.13. The van der Waals surface area contributed by atoms with Crippen molar-refractivity contribution in [2.75, 3.05) is 0 Å². The van der Waals surface area contributed by atoms with Crippen LogP contribution < -0.4 is 0 Å². The lowest BCUT2D eigenvalue weighted by Gasteiger charge is -2.13. The Kier molecular flexibility index (Phi) is 5.69. The lowest BCUT2D eigenvalue weighted by molar-refractivity contribution is 0.0318. The van der Waals surface area contributed by atoms with Crippen LogP contribution in [0.25, 0.3) is 0 Å². The molecule has 23 heavy (non-hydrogen) atoms. The van der Waals surface area contributed by atoms with Gasteiger partial charge in [0.05, 0.1) is 5.56 Å². The molecule has 0 aliphatic heterocycles. The predicted octanol–water partition coefficient (Wildman–Crippen LogP) is 4.38. The van der Waals surface area contributed by atoms with E-state index in [-0.39, 0.29) is 5.78 Å². The summed E-state index contributed by atoms with van der Waals surface area (Å²) in [7, 11) is 0. The van der Waals surface area contributed by atoms with Gasteiger partial charge in [-0.05, 0) is 38.0 Å². The highest BCUT2D eigenvalue weighted by molar-refractivity contribution is 6.01. The number of esters is 1. The van der Waals surface area contributed by atoms with Crippen LogP contribution in [0, 0.1) is 6.92 Å². The lowest BCUT2D eigenvalue weighted by atomic mass is 10.0. The number of hydrogen-bond acceptors (Lipinski definition) is 3. The van der Waals surface area contributed by atoms with E-state index in [1.165, 1.54) is 5.56 Å². The second-order valence-corrected chi connectivity index (χ2v) is 5.73. The SMILES string of the molecule is CCCc1ccc(C(=O)[C@H](C)OC(=O)c2cccc(C)c2)cc1. The fraction of sp³-hybridized carbons (Fsp3) is 0.300. The zero-order chi connectivity index (χ0) is 16.8. The molecule has 120 valence electrons. The zero-order valence-electron chi connectivity index (χ0n) is 13.8. The van der Waals surface area contributed by atoms with E-state index in [2.05, 4.69) is 6.92 Å². The molecule has 0 bridgehead atoms. The van der Waals surface area contributed by atoms with E-state index in [1.54, 1.807) is 37.3 Å². The Morgan fingerprint density at radius 1 is 1.04 bits per heavy atom. The molecule has 2 aromatic carbocycles. The number of carbonyl (C=O) groups is 2. The summed E-state index contributed by atoms with van der Waals surface area (Å²) in [5.74, 6) is -0.661. The summed E-state index contributed by atoms with van der Waals surface area (Å²) in [4.78, 5) is 24.5. The van der Waals surface area contributed by atoms with Crippen molar-refractivity contribution >= 4 is 11.8 Å². The van der Waals surface area contributed by atoms with Gasteiger partial charge in [-0.1, -0.05) is 55.3 Å². The molecule has 0 saturated carbocycles. The van der Waals surface area contributed by atoms with Crippen LogP contribution in [-0.4, -0.2) is 17.9 Å². The third-order valence-corrected chi connectivity index (χ3v) is 3.68. The minimum absolute atomic E-state index is 0.186. The maximum atomic E-state index is 12.4. The molecule has 0 aromatic heterocycles. The fourth-order valence-electron chi connectivity index (χ4n) is 2.41. The van der Waals surface area contributed by atoms with Crippen molar-refractivity contribution in [3.8, 4) is 0 Å². The van der Waals surface area contributed by atoms with Crippen LogP contribution >= 0.6 is 0 Å². The number of ketones is 1. The molecular weight excluding hydrogens is 288 g/mol. The van der Waals surface area contributed by atoms with E-state index in [9.17, 15) is 9.59 Å². The quantitative estimate of drug-likeness (QED) is 0.587. The van der Waals surface area contributed by atoms with Crippen molar-refractivity contribution < 1.29 is 14.3 Å². The van der Waals surface area contributed by atoms with E-state index in [0.29, 0.717) is 11.1 Å². The van der Waals surface area contributed by atoms with Gasteiger partial charge in [-0.25, -0.2) is 4.79 Å². The first-order valence-electron chi connectivity index (χ1n) is 7.92. The van der Waals surface area contributed by atoms with Gasteiger partial charge in [0.2, 0.25) is 5.78 Å². The maximum absolute atomic E-state index is 12.4. The highest BCUT2D eigenvalue weighted by Gasteiger charge is 2.20. The van der Waals surface area contributed by atoms with Crippen LogP contribution in [0.15, 0.2) is 48.5 Å². The molecule has 0 radical (unpaired) electrons. The van der Waals surface area contributed by atoms with E-state index < -0.39 is 12.1 Å². The van der Waals surface area contributed by atoms with Crippen LogP contribution in [0.2, 0.25) is 0 Å². The predicted molar refractivity (Wildman–Crippen MR) is 90.8 cm³/mol. The molecule has 0 aliphatic rings. The first-order valence-corrected chi connectivity index (χ1v) is 7.92. The van der Waals surface area contributed by atoms with E-state index in [4.69, 9.17) is 4.74 Å². The number of aryl methyl sites for hydroxylation is 2. The third-order valence-electron chi connectivity index (χ3n) is 3.68. The summed E-state index contributed by atoms with van der Waals surface area (Å²) in [5, 5.41) is 0. The van der Waals surface area contributed by atoms with Crippen LogP contribution in [0.3, 0.4) is 0 Å². The largest absolute Gasteiger partial charge is 0.451 e. The second kappa shape index (κ2) is 7.73. The van der Waals surface area contributed by atoms with Crippen LogP contribution in [-0.2, 0) is 11.2 Å². The smallest absolute Gasteiger partial charge is 0.338 e. The van der Waals surface area contributed by atoms with Crippen LogP contribution in [0.5, 0.6) is 0 Å². The standard InChI is InChI=1S/C20H22O3/c1-4-6-16-9-11-17(12-10-16)19(21)15(3)23-20(22)18-8-5-7-14(2)13-18/h5,7-13,15H,4,6H2,1-3H3/t15-/m0/s1. The number of Topliss-reactive ketones (excluding diaryl/α,β-unsaturated/α-hetero) is 1. The van der Waals surface area contributed by atoms with Gasteiger partial charge < -0.3 is 4.74 Å². The minimum atomic E-state index is -0.806. The topological polar surface area (TPSA) is 43.4 Å². The van der Waals surface area contributed by atoms with Gasteiger partial charge in [0.25, 0.3) is 0 Å². The molecule has 0 amide bonds. The molecular formula is C20H22O3. The van der Waals surface area contributed by atoms with Crippen molar-refractivity contribution in [2.45, 2.75) is 39.7 Å². The molecule has 0 unspecified atom stereocenters. The molecule has 2 rings (SSSR count). The van der Waals surface area contributed by atoms with Gasteiger partial charge in [0, 0.05) is 5.56 Å². The summed E-state index contributed by atoms with van der Waals surface area (Å²) in [5.41, 5.74) is 3.20. The minimum Gasteiger partial charge on any atom is -0.451 e. The lowest BCUT2D eigenvalue weighted by Crippen LogP contribution is -2.24. The summed E-state index contributed by atoms with van der Waals surface area (Å²) < 4.78 is 5.30. The Hall–Kier alpha value is -2.42. The summed E-state index contributed by atoms with van der Waals surface area (Å²) in [6.07, 6.45) is 1.25. The first kappa shape index (κ1) is 16.9. The van der Waals surface area contributed by atoms with Crippen LogP contribution in [0.1, 0.15) is 52.1 Å². The second-order valence-electron chi connectivity index (χ2n) is 5.73. The maximum Gasteiger partial charge on any atom is 0.338 e. The van der Waals surface area contributed by atoms with Gasteiger partial charge in [-0.15, -0.1) is 0 Å². The van der Waals surface area contributed by atoms with Crippen LogP contribution in [0.4, 0.5) is 0 Å². The summed E-state index contributed by atoms with van der Waals surface area (Å²) >= 11 is 0. The Labute approximate surface area is 137 Å². The Morgan fingerprint density at radius 3 is 2.35 bits per heavy atom. The summed E-state index contributed by atoms with van der Waals surface area (Å²) in [6, 6.07) is 14.6. The van der Waals surface area contributed by atoms with E-state index in [1.807, 2.05) is 25.1 Å².